The van der Waals surface area contributed by atoms with Crippen molar-refractivity contribution >= 4 is 23.6 Å². The van der Waals surface area contributed by atoms with Gasteiger partial charge in [0.05, 0.1) is 23.7 Å². The van der Waals surface area contributed by atoms with Gasteiger partial charge < -0.3 is 10.1 Å². The maximum atomic E-state index is 12.6. The van der Waals surface area contributed by atoms with E-state index < -0.39 is 0 Å². The van der Waals surface area contributed by atoms with Gasteiger partial charge in [0.1, 0.15) is 0 Å². The zero-order valence-corrected chi connectivity index (χ0v) is 15.3. The monoisotopic (exact) mass is 357 g/mol. The first-order chi connectivity index (χ1) is 12.1. The number of carbonyl (C=O) groups is 2. The number of esters is 1. The lowest BCUT2D eigenvalue weighted by molar-refractivity contribution is -0.139. The molecule has 0 fully saturated rings. The van der Waals surface area contributed by atoms with Crippen molar-refractivity contribution in [3.63, 3.8) is 0 Å². The highest BCUT2D eigenvalue weighted by molar-refractivity contribution is 8.01. The maximum Gasteiger partial charge on any atom is 0.315 e. The maximum absolute atomic E-state index is 12.6. The first kappa shape index (κ1) is 19.1. The third-order valence-electron chi connectivity index (χ3n) is 3.68. The largest absolute Gasteiger partial charge is 0.465 e. The smallest absolute Gasteiger partial charge is 0.315 e. The number of amides is 1. The summed E-state index contributed by atoms with van der Waals surface area (Å²) in [5.41, 5.74) is 2.04. The van der Waals surface area contributed by atoms with Crippen molar-refractivity contribution in [1.29, 1.82) is 0 Å². The first-order valence-electron chi connectivity index (χ1n) is 8.29. The van der Waals surface area contributed by atoms with E-state index in [1.807, 2.05) is 60.7 Å². The molecule has 2 aromatic carbocycles. The van der Waals surface area contributed by atoms with Gasteiger partial charge in [0, 0.05) is 0 Å². The number of nitrogens with one attached hydrogen (secondary N) is 1. The fourth-order valence-corrected chi connectivity index (χ4v) is 3.07. The Hall–Kier alpha value is -2.27. The lowest BCUT2D eigenvalue weighted by Crippen LogP contribution is -2.35. The number of benzene rings is 2. The minimum Gasteiger partial charge on any atom is -0.465 e. The lowest BCUT2D eigenvalue weighted by atomic mass is 9.98. The molecule has 1 amide bonds. The minimum atomic E-state index is -0.348. The Morgan fingerprint density at radius 1 is 1.00 bits per heavy atom. The van der Waals surface area contributed by atoms with Crippen LogP contribution in [0.3, 0.4) is 0 Å². The summed E-state index contributed by atoms with van der Waals surface area (Å²) in [6, 6.07) is 19.5. The second-order valence-corrected chi connectivity index (χ2v) is 6.85. The molecule has 2 aromatic rings. The fraction of sp³-hybridized carbons (Fsp3) is 0.300. The van der Waals surface area contributed by atoms with Crippen LogP contribution in [0.15, 0.2) is 60.7 Å². The van der Waals surface area contributed by atoms with E-state index in [2.05, 4.69) is 5.32 Å². The van der Waals surface area contributed by atoms with Gasteiger partial charge in [-0.2, -0.15) is 0 Å². The van der Waals surface area contributed by atoms with Crippen LogP contribution in [0, 0.1) is 0 Å². The third kappa shape index (κ3) is 5.94. The van der Waals surface area contributed by atoms with E-state index in [1.54, 1.807) is 13.8 Å². The van der Waals surface area contributed by atoms with Crippen molar-refractivity contribution in [1.82, 2.24) is 5.32 Å². The van der Waals surface area contributed by atoms with Crippen LogP contribution in [0.1, 0.15) is 31.0 Å². The molecule has 0 radical (unpaired) electrons. The van der Waals surface area contributed by atoms with Crippen LogP contribution >= 0.6 is 11.8 Å². The SMILES string of the molecule is CCOC(=O)CSC(C)C(=O)NC(c1ccccc1)c1ccccc1. The molecule has 132 valence electrons. The van der Waals surface area contributed by atoms with E-state index in [1.165, 1.54) is 11.8 Å². The molecule has 0 spiro atoms. The van der Waals surface area contributed by atoms with Gasteiger partial charge in [0.25, 0.3) is 0 Å². The Morgan fingerprint density at radius 3 is 2.00 bits per heavy atom. The average molecular weight is 357 g/mol. The van der Waals surface area contributed by atoms with Crippen LogP contribution in [0.25, 0.3) is 0 Å². The van der Waals surface area contributed by atoms with Gasteiger partial charge in [-0.1, -0.05) is 60.7 Å². The zero-order chi connectivity index (χ0) is 18.1. The number of hydrogen-bond acceptors (Lipinski definition) is 4. The Bertz CT molecular complexity index is 636. The summed E-state index contributed by atoms with van der Waals surface area (Å²) in [5, 5.41) is 2.75. The van der Waals surface area contributed by atoms with E-state index in [0.717, 1.165) is 11.1 Å². The van der Waals surface area contributed by atoms with Gasteiger partial charge in [-0.3, -0.25) is 9.59 Å². The molecule has 2 rings (SSSR count). The van der Waals surface area contributed by atoms with Crippen LogP contribution in [0.2, 0.25) is 0 Å². The molecule has 0 aliphatic carbocycles. The summed E-state index contributed by atoms with van der Waals surface area (Å²) in [7, 11) is 0. The summed E-state index contributed by atoms with van der Waals surface area (Å²) in [6.07, 6.45) is 0. The molecule has 25 heavy (non-hydrogen) atoms. The van der Waals surface area contributed by atoms with Gasteiger partial charge in [-0.05, 0) is 25.0 Å². The van der Waals surface area contributed by atoms with Crippen LogP contribution in [0.4, 0.5) is 0 Å². The molecule has 5 heteroatoms. The van der Waals surface area contributed by atoms with Gasteiger partial charge in [-0.15, -0.1) is 11.8 Å². The van der Waals surface area contributed by atoms with E-state index in [9.17, 15) is 9.59 Å². The van der Waals surface area contributed by atoms with Crippen LogP contribution in [-0.4, -0.2) is 29.5 Å². The number of rotatable bonds is 8. The highest BCUT2D eigenvalue weighted by Crippen LogP contribution is 2.23. The average Bonchev–Trinajstić information content (AvgIpc) is 2.65. The summed E-state index contributed by atoms with van der Waals surface area (Å²) in [4.78, 5) is 24.0. The summed E-state index contributed by atoms with van der Waals surface area (Å²) in [5.74, 6) is -0.231. The molecule has 1 unspecified atom stereocenters. The quantitative estimate of drug-likeness (QED) is 0.734. The fourth-order valence-electron chi connectivity index (χ4n) is 2.38. The number of ether oxygens (including phenoxy) is 1. The van der Waals surface area contributed by atoms with Gasteiger partial charge >= 0.3 is 5.97 Å². The van der Waals surface area contributed by atoms with Crippen LogP contribution in [-0.2, 0) is 14.3 Å². The molecule has 0 saturated carbocycles. The number of thioether (sulfide) groups is 1. The van der Waals surface area contributed by atoms with Gasteiger partial charge in [0.2, 0.25) is 5.91 Å². The van der Waals surface area contributed by atoms with Crippen molar-refractivity contribution < 1.29 is 14.3 Å². The van der Waals surface area contributed by atoms with Crippen molar-refractivity contribution in [2.24, 2.45) is 0 Å². The Balaban J connectivity index is 2.06. The Kier molecular flexibility index (Phi) is 7.54. The predicted molar refractivity (Wildman–Crippen MR) is 101 cm³/mol. The highest BCUT2D eigenvalue weighted by atomic mass is 32.2. The van der Waals surface area contributed by atoms with E-state index in [0.29, 0.717) is 6.61 Å². The number of carbonyl (C=O) groups excluding carboxylic acids is 2. The van der Waals surface area contributed by atoms with Crippen molar-refractivity contribution in [3.8, 4) is 0 Å². The molecular formula is C20H23NO3S. The van der Waals surface area contributed by atoms with E-state index in [4.69, 9.17) is 4.74 Å². The van der Waals surface area contributed by atoms with Gasteiger partial charge in [0.15, 0.2) is 0 Å². The topological polar surface area (TPSA) is 55.4 Å². The lowest BCUT2D eigenvalue weighted by Gasteiger charge is -2.22. The van der Waals surface area contributed by atoms with Gasteiger partial charge in [-0.25, -0.2) is 0 Å². The standard InChI is InChI=1S/C20H23NO3S/c1-3-24-18(22)14-25-15(2)20(23)21-19(16-10-6-4-7-11-16)17-12-8-5-9-13-17/h4-13,15,19H,3,14H2,1-2H3,(H,21,23). The zero-order valence-electron chi connectivity index (χ0n) is 14.5. The third-order valence-corrected chi connectivity index (χ3v) is 4.79. The molecule has 1 N–H and O–H groups in total. The molecule has 0 aromatic heterocycles. The molecule has 4 nitrogen and oxygen atoms in total. The van der Waals surface area contributed by atoms with Crippen molar-refractivity contribution in [2.75, 3.05) is 12.4 Å². The molecule has 0 heterocycles. The van der Waals surface area contributed by atoms with E-state index in [-0.39, 0.29) is 28.9 Å². The molecule has 0 aliphatic heterocycles. The molecule has 0 saturated heterocycles. The molecule has 1 atom stereocenters. The Morgan fingerprint density at radius 2 is 1.52 bits per heavy atom. The highest BCUT2D eigenvalue weighted by Gasteiger charge is 2.21. The molecule has 0 bridgehead atoms. The van der Waals surface area contributed by atoms with E-state index >= 15 is 0 Å². The Labute approximate surface area is 153 Å². The summed E-state index contributed by atoms with van der Waals surface area (Å²) >= 11 is 1.28. The van der Waals surface area contributed by atoms with Crippen molar-refractivity contribution in [2.45, 2.75) is 25.1 Å². The summed E-state index contributed by atoms with van der Waals surface area (Å²) < 4.78 is 4.90. The van der Waals surface area contributed by atoms with Crippen molar-refractivity contribution in [3.05, 3.63) is 71.8 Å². The van der Waals surface area contributed by atoms with Crippen LogP contribution in [0.5, 0.6) is 0 Å². The molecule has 0 aliphatic rings. The second kappa shape index (κ2) is 9.89. The second-order valence-electron chi connectivity index (χ2n) is 5.52. The predicted octanol–water partition coefficient (Wildman–Crippen LogP) is 3.58. The summed E-state index contributed by atoms with van der Waals surface area (Å²) in [6.45, 7) is 3.92. The number of hydrogen-bond donors (Lipinski definition) is 1. The normalized spacial score (nSPS) is 11.8. The minimum absolute atomic E-state index is 0.105. The first-order valence-corrected chi connectivity index (χ1v) is 9.34. The van der Waals surface area contributed by atoms with Crippen LogP contribution < -0.4 is 5.32 Å². The molecular weight excluding hydrogens is 334 g/mol.